The Morgan fingerprint density at radius 2 is 2.67 bits per heavy atom. The predicted octanol–water partition coefficient (Wildman–Crippen LogP) is 1.40. The van der Waals surface area contributed by atoms with Gasteiger partial charge in [-0.1, -0.05) is 5.16 Å². The van der Waals surface area contributed by atoms with Crippen LogP contribution in [0.5, 0.6) is 0 Å². The van der Waals surface area contributed by atoms with E-state index in [1.54, 1.807) is 13.0 Å². The van der Waals surface area contributed by atoms with E-state index < -0.39 is 0 Å². The Hall–Kier alpha value is -1.30. The first kappa shape index (κ1) is 5.83. The third-order valence-electron chi connectivity index (χ3n) is 0.918. The van der Waals surface area contributed by atoms with E-state index in [0.717, 1.165) is 5.76 Å². The SMILES string of the molecule is [C-]#[N+]Cc1cc(C)on1. The molecule has 0 spiro atoms. The van der Waals surface area contributed by atoms with Gasteiger partial charge in [0.25, 0.3) is 6.54 Å². The minimum absolute atomic E-state index is 0.317. The van der Waals surface area contributed by atoms with Gasteiger partial charge < -0.3 is 9.37 Å². The Morgan fingerprint density at radius 3 is 3.11 bits per heavy atom. The maximum Gasteiger partial charge on any atom is 0.259 e. The van der Waals surface area contributed by atoms with Crippen LogP contribution in [0.15, 0.2) is 10.6 Å². The van der Waals surface area contributed by atoms with Crippen molar-refractivity contribution in [3.8, 4) is 0 Å². The molecule has 46 valence electrons. The largest absolute Gasteiger partial charge is 0.361 e. The van der Waals surface area contributed by atoms with Crippen molar-refractivity contribution in [2.75, 3.05) is 0 Å². The van der Waals surface area contributed by atoms with E-state index in [1.165, 1.54) is 0 Å². The van der Waals surface area contributed by atoms with Crippen LogP contribution < -0.4 is 0 Å². The van der Waals surface area contributed by atoms with Gasteiger partial charge in [0.15, 0.2) is 5.69 Å². The van der Waals surface area contributed by atoms with Crippen LogP contribution >= 0.6 is 0 Å². The number of nitrogens with zero attached hydrogens (tertiary/aromatic N) is 2. The number of hydrogen-bond donors (Lipinski definition) is 0. The fraction of sp³-hybridized carbons (Fsp3) is 0.333. The molecule has 0 saturated carbocycles. The molecule has 0 fully saturated rings. The summed E-state index contributed by atoms with van der Waals surface area (Å²) >= 11 is 0. The van der Waals surface area contributed by atoms with Crippen LogP contribution in [0.3, 0.4) is 0 Å². The summed E-state index contributed by atoms with van der Waals surface area (Å²) in [6.07, 6.45) is 0. The number of aryl methyl sites for hydroxylation is 1. The summed E-state index contributed by atoms with van der Waals surface area (Å²) in [5, 5.41) is 3.62. The van der Waals surface area contributed by atoms with E-state index in [1.807, 2.05) is 0 Å². The molecule has 0 unspecified atom stereocenters. The van der Waals surface area contributed by atoms with Gasteiger partial charge >= 0.3 is 0 Å². The summed E-state index contributed by atoms with van der Waals surface area (Å²) in [6, 6.07) is 1.76. The van der Waals surface area contributed by atoms with Gasteiger partial charge in [0, 0.05) is 6.07 Å². The van der Waals surface area contributed by atoms with Crippen molar-refractivity contribution in [3.63, 3.8) is 0 Å². The molecule has 0 bridgehead atoms. The van der Waals surface area contributed by atoms with Crippen molar-refractivity contribution in [1.82, 2.24) is 5.16 Å². The minimum Gasteiger partial charge on any atom is -0.361 e. The van der Waals surface area contributed by atoms with Gasteiger partial charge in [0.05, 0.1) is 0 Å². The molecule has 1 rings (SSSR count). The molecule has 0 saturated heterocycles. The highest BCUT2D eigenvalue weighted by Crippen LogP contribution is 2.01. The van der Waals surface area contributed by atoms with Crippen molar-refractivity contribution < 1.29 is 4.52 Å². The molecule has 0 radical (unpaired) electrons. The molecule has 0 aliphatic heterocycles. The van der Waals surface area contributed by atoms with Crippen LogP contribution in [0, 0.1) is 13.5 Å². The minimum atomic E-state index is 0.317. The monoisotopic (exact) mass is 122 g/mol. The quantitative estimate of drug-likeness (QED) is 0.527. The molecule has 1 heterocycles. The van der Waals surface area contributed by atoms with Gasteiger partial charge in [0.1, 0.15) is 5.76 Å². The standard InChI is InChI=1S/C6H6N2O/c1-5-3-6(4-7-2)8-9-5/h3H,4H2,1H3. The molecule has 0 aliphatic rings. The van der Waals surface area contributed by atoms with E-state index in [2.05, 4.69) is 10.0 Å². The normalized spacial score (nSPS) is 8.89. The molecule has 0 amide bonds. The Bertz CT molecular complexity index is 233. The van der Waals surface area contributed by atoms with Crippen molar-refractivity contribution in [3.05, 3.63) is 28.9 Å². The summed E-state index contributed by atoms with van der Waals surface area (Å²) < 4.78 is 4.72. The van der Waals surface area contributed by atoms with E-state index in [0.29, 0.717) is 12.2 Å². The summed E-state index contributed by atoms with van der Waals surface area (Å²) in [7, 11) is 0. The van der Waals surface area contributed by atoms with E-state index in [4.69, 9.17) is 11.1 Å². The highest BCUT2D eigenvalue weighted by Gasteiger charge is 1.99. The number of rotatable bonds is 1. The molecule has 9 heavy (non-hydrogen) atoms. The molecule has 0 aliphatic carbocycles. The average molecular weight is 122 g/mol. The average Bonchev–Trinajstić information content (AvgIpc) is 2.17. The van der Waals surface area contributed by atoms with Crippen LogP contribution in [0.1, 0.15) is 11.5 Å². The van der Waals surface area contributed by atoms with Crippen LogP contribution in [-0.2, 0) is 6.54 Å². The first-order chi connectivity index (χ1) is 4.33. The van der Waals surface area contributed by atoms with Crippen LogP contribution in [0.4, 0.5) is 0 Å². The van der Waals surface area contributed by atoms with Crippen molar-refractivity contribution in [1.29, 1.82) is 0 Å². The lowest BCUT2D eigenvalue weighted by atomic mass is 10.4. The first-order valence-electron chi connectivity index (χ1n) is 2.58. The van der Waals surface area contributed by atoms with Gasteiger partial charge in [0.2, 0.25) is 0 Å². The Morgan fingerprint density at radius 1 is 1.89 bits per heavy atom. The third kappa shape index (κ3) is 1.29. The Labute approximate surface area is 53.1 Å². The maximum atomic E-state index is 6.49. The zero-order valence-corrected chi connectivity index (χ0v) is 5.09. The second-order valence-corrected chi connectivity index (χ2v) is 1.75. The van der Waals surface area contributed by atoms with Crippen molar-refractivity contribution >= 4 is 0 Å². The topological polar surface area (TPSA) is 30.4 Å². The van der Waals surface area contributed by atoms with Crippen molar-refractivity contribution in [2.45, 2.75) is 13.5 Å². The van der Waals surface area contributed by atoms with E-state index in [9.17, 15) is 0 Å². The van der Waals surface area contributed by atoms with Crippen molar-refractivity contribution in [2.24, 2.45) is 0 Å². The molecule has 3 heteroatoms. The lowest BCUT2D eigenvalue weighted by molar-refractivity contribution is 0.392. The highest BCUT2D eigenvalue weighted by atomic mass is 16.5. The molecular formula is C6H6N2O. The summed E-state index contributed by atoms with van der Waals surface area (Å²) in [4.78, 5) is 3.15. The summed E-state index contributed by atoms with van der Waals surface area (Å²) in [6.45, 7) is 8.62. The molecule has 0 atom stereocenters. The van der Waals surface area contributed by atoms with Gasteiger partial charge in [-0.2, -0.15) is 0 Å². The molecule has 1 aromatic heterocycles. The second-order valence-electron chi connectivity index (χ2n) is 1.75. The zero-order chi connectivity index (χ0) is 6.69. The van der Waals surface area contributed by atoms with E-state index in [-0.39, 0.29) is 0 Å². The molecule has 1 aromatic rings. The highest BCUT2D eigenvalue weighted by molar-refractivity contribution is 5.04. The Balaban J connectivity index is 2.76. The predicted molar refractivity (Wildman–Crippen MR) is 31.5 cm³/mol. The lowest BCUT2D eigenvalue weighted by Gasteiger charge is -1.71. The molecule has 3 nitrogen and oxygen atoms in total. The lowest BCUT2D eigenvalue weighted by Crippen LogP contribution is -1.73. The van der Waals surface area contributed by atoms with Crippen LogP contribution in [0.25, 0.3) is 4.85 Å². The van der Waals surface area contributed by atoms with Gasteiger partial charge in [-0.15, -0.1) is 0 Å². The summed E-state index contributed by atoms with van der Waals surface area (Å²) in [5.74, 6) is 0.758. The molecule has 0 aromatic carbocycles. The number of aromatic nitrogens is 1. The van der Waals surface area contributed by atoms with Crippen LogP contribution in [-0.4, -0.2) is 5.16 Å². The molecule has 0 N–H and O–H groups in total. The van der Waals surface area contributed by atoms with Gasteiger partial charge in [-0.25, -0.2) is 6.57 Å². The van der Waals surface area contributed by atoms with Gasteiger partial charge in [-0.05, 0) is 6.92 Å². The Kier molecular flexibility index (Phi) is 1.50. The molecular weight excluding hydrogens is 116 g/mol. The fourth-order valence-electron chi connectivity index (χ4n) is 0.573. The van der Waals surface area contributed by atoms with E-state index >= 15 is 0 Å². The smallest absolute Gasteiger partial charge is 0.259 e. The first-order valence-corrected chi connectivity index (χ1v) is 2.58. The van der Waals surface area contributed by atoms with Gasteiger partial charge in [-0.3, -0.25) is 0 Å². The number of hydrogen-bond acceptors (Lipinski definition) is 2. The fourth-order valence-corrected chi connectivity index (χ4v) is 0.573. The second kappa shape index (κ2) is 2.31. The summed E-state index contributed by atoms with van der Waals surface area (Å²) in [5.41, 5.74) is 0.711. The zero-order valence-electron chi connectivity index (χ0n) is 5.09. The van der Waals surface area contributed by atoms with Crippen LogP contribution in [0.2, 0.25) is 0 Å². The maximum absolute atomic E-state index is 6.49. The third-order valence-corrected chi connectivity index (χ3v) is 0.918.